The van der Waals surface area contributed by atoms with Gasteiger partial charge in [0.25, 0.3) is 0 Å². The van der Waals surface area contributed by atoms with Crippen molar-refractivity contribution in [2.24, 2.45) is 11.3 Å². The summed E-state index contributed by atoms with van der Waals surface area (Å²) in [5.41, 5.74) is 1.77. The van der Waals surface area contributed by atoms with Gasteiger partial charge in [0.1, 0.15) is 5.75 Å². The van der Waals surface area contributed by atoms with Gasteiger partial charge >= 0.3 is 0 Å². The Bertz CT molecular complexity index is 1050. The molecule has 0 aliphatic carbocycles. The summed E-state index contributed by atoms with van der Waals surface area (Å²) in [5, 5.41) is 3.16. The van der Waals surface area contributed by atoms with E-state index in [1.54, 1.807) is 0 Å². The molecule has 1 N–H and O–H groups in total. The van der Waals surface area contributed by atoms with Crippen molar-refractivity contribution < 1.29 is 19.1 Å². The smallest absolute Gasteiger partial charge is 0.222 e. The predicted molar refractivity (Wildman–Crippen MR) is 121 cm³/mol. The van der Waals surface area contributed by atoms with Gasteiger partial charge in [0.15, 0.2) is 11.5 Å². The van der Waals surface area contributed by atoms with E-state index in [0.29, 0.717) is 57.2 Å². The van der Waals surface area contributed by atoms with E-state index in [-0.39, 0.29) is 23.1 Å². The van der Waals surface area contributed by atoms with Gasteiger partial charge in [0.2, 0.25) is 11.8 Å². The lowest BCUT2D eigenvalue weighted by molar-refractivity contribution is -0.131. The molecule has 168 valence electrons. The van der Waals surface area contributed by atoms with Gasteiger partial charge in [0.05, 0.1) is 6.61 Å². The molecule has 3 aliphatic heterocycles. The lowest BCUT2D eigenvalue weighted by Gasteiger charge is -2.39. The molecule has 2 atom stereocenters. The van der Waals surface area contributed by atoms with Crippen LogP contribution < -0.4 is 14.8 Å². The lowest BCUT2D eigenvalue weighted by Crippen LogP contribution is -2.48. The van der Waals surface area contributed by atoms with Crippen LogP contribution in [-0.4, -0.2) is 43.0 Å². The quantitative estimate of drug-likeness (QED) is 0.779. The minimum absolute atomic E-state index is 0.0213. The van der Waals surface area contributed by atoms with Crippen molar-refractivity contribution in [3.05, 3.63) is 53.6 Å². The van der Waals surface area contributed by atoms with Crippen LogP contribution in [-0.2, 0) is 16.0 Å². The molecule has 2 aromatic carbocycles. The first-order chi connectivity index (χ1) is 15.4. The zero-order chi connectivity index (χ0) is 22.3. The van der Waals surface area contributed by atoms with Crippen LogP contribution in [0.15, 0.2) is 42.5 Å². The molecule has 0 unspecified atom stereocenters. The summed E-state index contributed by atoms with van der Waals surface area (Å²) < 4.78 is 12.6. The largest absolute Gasteiger partial charge is 0.489 e. The molecule has 1 fully saturated rings. The van der Waals surface area contributed by atoms with Crippen molar-refractivity contribution in [3.8, 4) is 17.2 Å². The van der Waals surface area contributed by atoms with Gasteiger partial charge in [-0.15, -0.1) is 0 Å². The predicted octanol–water partition coefficient (Wildman–Crippen LogP) is 3.89. The molecule has 1 spiro atoms. The average Bonchev–Trinajstić information content (AvgIpc) is 3.17. The number of benzene rings is 2. The van der Waals surface area contributed by atoms with E-state index in [1.807, 2.05) is 41.3 Å². The van der Waals surface area contributed by atoms with Crippen molar-refractivity contribution >= 4 is 11.8 Å². The molecule has 1 saturated heterocycles. The van der Waals surface area contributed by atoms with Crippen molar-refractivity contribution in [1.82, 2.24) is 10.2 Å². The number of para-hydroxylation sites is 1. The van der Waals surface area contributed by atoms with Crippen LogP contribution in [0.5, 0.6) is 17.2 Å². The Hall–Kier alpha value is -3.02. The zero-order valence-electron chi connectivity index (χ0n) is 18.7. The monoisotopic (exact) mass is 434 g/mol. The molecule has 6 heteroatoms. The van der Waals surface area contributed by atoms with E-state index in [9.17, 15) is 9.59 Å². The Morgan fingerprint density at radius 1 is 1.22 bits per heavy atom. The molecule has 0 radical (unpaired) electrons. The van der Waals surface area contributed by atoms with E-state index in [0.717, 1.165) is 22.6 Å². The number of ether oxygens (including phenoxy) is 2. The minimum Gasteiger partial charge on any atom is -0.489 e. The van der Waals surface area contributed by atoms with E-state index >= 15 is 0 Å². The normalized spacial score (nSPS) is 24.3. The number of aryl methyl sites for hydroxylation is 1. The van der Waals surface area contributed by atoms with Gasteiger partial charge in [-0.25, -0.2) is 0 Å². The van der Waals surface area contributed by atoms with Crippen LogP contribution in [0.2, 0.25) is 0 Å². The maximum absolute atomic E-state index is 12.9. The average molecular weight is 435 g/mol. The third-order valence-corrected chi connectivity index (χ3v) is 6.88. The number of rotatable bonds is 2. The van der Waals surface area contributed by atoms with Gasteiger partial charge < -0.3 is 19.7 Å². The molecule has 3 heterocycles. The Kier molecular flexibility index (Phi) is 5.31. The number of nitrogens with zero attached hydrogens (tertiary/aromatic N) is 1. The van der Waals surface area contributed by atoms with Crippen LogP contribution >= 0.6 is 0 Å². The molecule has 2 amide bonds. The maximum atomic E-state index is 12.9. The standard InChI is InChI=1S/C26H30N2O4/c1-17(2)11-24(30)28-13-21-20-7-4-8-22-25(20)31-16-26(21,15-28)14-27-23(29)10-9-18-5-3-6-19(12-18)32-22/h3-8,12,17,21H,9-11,13-16H2,1-2H3,(H,27,29)/t21-,26+/m1/s1. The third kappa shape index (κ3) is 3.83. The van der Waals surface area contributed by atoms with Gasteiger partial charge in [-0.1, -0.05) is 38.1 Å². The van der Waals surface area contributed by atoms with Crippen LogP contribution in [0.3, 0.4) is 0 Å². The van der Waals surface area contributed by atoms with Crippen LogP contribution in [0.1, 0.15) is 43.7 Å². The second-order valence-electron chi connectivity index (χ2n) is 9.78. The van der Waals surface area contributed by atoms with Gasteiger partial charge in [-0.3, -0.25) is 9.59 Å². The molecule has 2 aromatic rings. The van der Waals surface area contributed by atoms with Crippen molar-refractivity contribution in [2.45, 2.75) is 39.0 Å². The van der Waals surface area contributed by atoms with E-state index in [1.165, 1.54) is 0 Å². The highest BCUT2D eigenvalue weighted by molar-refractivity contribution is 5.78. The molecule has 5 rings (SSSR count). The number of hydrogen-bond acceptors (Lipinski definition) is 4. The first-order valence-electron chi connectivity index (χ1n) is 11.5. The second kappa shape index (κ2) is 8.15. The molecule has 32 heavy (non-hydrogen) atoms. The van der Waals surface area contributed by atoms with Crippen molar-refractivity contribution in [2.75, 3.05) is 26.2 Å². The number of carbonyl (C=O) groups is 2. The molecular weight excluding hydrogens is 404 g/mol. The number of carbonyl (C=O) groups excluding carboxylic acids is 2. The van der Waals surface area contributed by atoms with E-state index in [4.69, 9.17) is 9.47 Å². The summed E-state index contributed by atoms with van der Waals surface area (Å²) in [5.74, 6) is 2.76. The van der Waals surface area contributed by atoms with E-state index < -0.39 is 0 Å². The molecule has 4 bridgehead atoms. The van der Waals surface area contributed by atoms with Gasteiger partial charge in [-0.05, 0) is 36.1 Å². The van der Waals surface area contributed by atoms with Gasteiger partial charge in [-0.2, -0.15) is 0 Å². The third-order valence-electron chi connectivity index (χ3n) is 6.88. The number of likely N-dealkylation sites (tertiary alicyclic amines) is 1. The molecule has 0 aromatic heterocycles. The minimum atomic E-state index is -0.341. The SMILES string of the molecule is CC(C)CC(=O)N1C[C@@H]2c3cccc4c3OC[C@]2(CNC(=O)CCc2cccc(c2)O4)C1. The zero-order valence-corrected chi connectivity index (χ0v) is 18.7. The highest BCUT2D eigenvalue weighted by atomic mass is 16.5. The Morgan fingerprint density at radius 2 is 2.06 bits per heavy atom. The van der Waals surface area contributed by atoms with Crippen LogP contribution in [0.25, 0.3) is 0 Å². The van der Waals surface area contributed by atoms with Gasteiger partial charge in [0, 0.05) is 49.4 Å². The number of amides is 2. The Balaban J connectivity index is 1.55. The number of fused-ring (bicyclic) bond motifs is 4. The maximum Gasteiger partial charge on any atom is 0.222 e. The summed E-state index contributed by atoms with van der Waals surface area (Å²) in [6.07, 6.45) is 1.60. The Labute approximate surface area is 188 Å². The Morgan fingerprint density at radius 3 is 2.91 bits per heavy atom. The topological polar surface area (TPSA) is 67.9 Å². The fourth-order valence-electron chi connectivity index (χ4n) is 5.21. The highest BCUT2D eigenvalue weighted by Gasteiger charge is 2.53. The molecule has 6 nitrogen and oxygen atoms in total. The summed E-state index contributed by atoms with van der Waals surface area (Å²) in [4.78, 5) is 27.6. The first-order valence-corrected chi connectivity index (χ1v) is 11.5. The number of hydrogen-bond donors (Lipinski definition) is 1. The first kappa shape index (κ1) is 20.9. The van der Waals surface area contributed by atoms with Crippen LogP contribution in [0, 0.1) is 11.3 Å². The summed E-state index contributed by atoms with van der Waals surface area (Å²) >= 11 is 0. The summed E-state index contributed by atoms with van der Waals surface area (Å²) in [7, 11) is 0. The fourth-order valence-corrected chi connectivity index (χ4v) is 5.21. The molecule has 3 aliphatic rings. The van der Waals surface area contributed by atoms with E-state index in [2.05, 4.69) is 25.2 Å². The lowest BCUT2D eigenvalue weighted by atomic mass is 9.73. The van der Waals surface area contributed by atoms with Crippen molar-refractivity contribution in [1.29, 1.82) is 0 Å². The van der Waals surface area contributed by atoms with Crippen LogP contribution in [0.4, 0.5) is 0 Å². The summed E-state index contributed by atoms with van der Waals surface area (Å²) in [6, 6.07) is 13.9. The summed E-state index contributed by atoms with van der Waals surface area (Å²) in [6.45, 7) is 6.29. The number of nitrogens with one attached hydrogen (secondary N) is 1. The van der Waals surface area contributed by atoms with Crippen molar-refractivity contribution in [3.63, 3.8) is 0 Å². The fraction of sp³-hybridized carbons (Fsp3) is 0.462. The molecular formula is C26H30N2O4. The molecule has 0 saturated carbocycles. The second-order valence-corrected chi connectivity index (χ2v) is 9.78. The highest BCUT2D eigenvalue weighted by Crippen LogP contribution is 2.52.